The van der Waals surface area contributed by atoms with Gasteiger partial charge >= 0.3 is 0 Å². The largest absolute Gasteiger partial charge is 0.467 e. The highest BCUT2D eigenvalue weighted by molar-refractivity contribution is 5.80. The molecule has 0 spiro atoms. The van der Waals surface area contributed by atoms with E-state index in [9.17, 15) is 4.79 Å². The molecule has 2 atom stereocenters. The van der Waals surface area contributed by atoms with Crippen molar-refractivity contribution in [3.63, 3.8) is 0 Å². The van der Waals surface area contributed by atoms with Crippen molar-refractivity contribution in [3.8, 4) is 0 Å². The van der Waals surface area contributed by atoms with E-state index < -0.39 is 6.10 Å². The third kappa shape index (κ3) is 5.75. The minimum absolute atomic E-state index is 0.165. The summed E-state index contributed by atoms with van der Waals surface area (Å²) in [6, 6.07) is 3.33. The van der Waals surface area contributed by atoms with Crippen LogP contribution in [-0.2, 0) is 14.3 Å². The Labute approximate surface area is 120 Å². The molecule has 1 amide bonds. The Morgan fingerprint density at radius 3 is 2.65 bits per heavy atom. The second-order valence-electron chi connectivity index (χ2n) is 5.11. The van der Waals surface area contributed by atoms with Gasteiger partial charge in [0.25, 0.3) is 0 Å². The van der Waals surface area contributed by atoms with Crippen LogP contribution < -0.4 is 5.32 Å². The van der Waals surface area contributed by atoms with Crippen LogP contribution in [0.2, 0.25) is 0 Å². The van der Waals surface area contributed by atoms with Crippen molar-refractivity contribution in [1.29, 1.82) is 0 Å². The maximum Gasteiger partial charge on any atom is 0.249 e. The van der Waals surface area contributed by atoms with Crippen molar-refractivity contribution >= 4 is 5.91 Å². The van der Waals surface area contributed by atoms with Crippen molar-refractivity contribution < 1.29 is 18.7 Å². The first kappa shape index (κ1) is 16.7. The normalized spacial score (nSPS) is 14.2. The molecule has 0 aliphatic carbocycles. The molecule has 5 nitrogen and oxygen atoms in total. The van der Waals surface area contributed by atoms with Crippen LogP contribution in [0.4, 0.5) is 0 Å². The van der Waals surface area contributed by atoms with Gasteiger partial charge in [0.1, 0.15) is 17.9 Å². The summed E-state index contributed by atoms with van der Waals surface area (Å²) in [5, 5.41) is 2.90. The number of ether oxygens (including phenoxy) is 2. The fraction of sp³-hybridized carbons (Fsp3) is 0.667. The summed E-state index contributed by atoms with van der Waals surface area (Å²) in [4.78, 5) is 12.0. The second kappa shape index (κ2) is 8.76. The summed E-state index contributed by atoms with van der Waals surface area (Å²) < 4.78 is 16.2. The van der Waals surface area contributed by atoms with Gasteiger partial charge in [-0.25, -0.2) is 0 Å². The molecule has 5 heteroatoms. The smallest absolute Gasteiger partial charge is 0.249 e. The molecule has 1 heterocycles. The molecule has 1 aromatic heterocycles. The fourth-order valence-corrected chi connectivity index (χ4v) is 1.72. The molecule has 0 saturated carbocycles. The van der Waals surface area contributed by atoms with E-state index >= 15 is 0 Å². The molecule has 0 aliphatic rings. The first-order valence-corrected chi connectivity index (χ1v) is 7.07. The Hall–Kier alpha value is -1.33. The topological polar surface area (TPSA) is 60.7 Å². The average Bonchev–Trinajstić information content (AvgIpc) is 2.91. The van der Waals surface area contributed by atoms with Gasteiger partial charge in [0.05, 0.1) is 12.9 Å². The molecule has 0 aromatic carbocycles. The van der Waals surface area contributed by atoms with Crippen LogP contribution in [0.25, 0.3) is 0 Å². The van der Waals surface area contributed by atoms with E-state index in [-0.39, 0.29) is 11.9 Å². The third-order valence-electron chi connectivity index (χ3n) is 2.72. The lowest BCUT2D eigenvalue weighted by molar-refractivity contribution is -0.132. The maximum atomic E-state index is 12.0. The molecule has 0 aliphatic heterocycles. The summed E-state index contributed by atoms with van der Waals surface area (Å²) in [6.07, 6.45) is 1.10. The first-order valence-electron chi connectivity index (χ1n) is 7.07. The van der Waals surface area contributed by atoms with Crippen LogP contribution in [0.5, 0.6) is 0 Å². The van der Waals surface area contributed by atoms with Gasteiger partial charge in [-0.15, -0.1) is 0 Å². The van der Waals surface area contributed by atoms with Gasteiger partial charge in [0.15, 0.2) is 0 Å². The monoisotopic (exact) mass is 283 g/mol. The quantitative estimate of drug-likeness (QED) is 0.756. The van der Waals surface area contributed by atoms with Crippen LogP contribution in [-0.4, -0.2) is 31.8 Å². The molecular formula is C15H25NO4. The summed E-state index contributed by atoms with van der Waals surface area (Å²) in [5.74, 6) is 0.970. The minimum atomic E-state index is -0.484. The molecule has 1 aromatic rings. The predicted molar refractivity (Wildman–Crippen MR) is 76.3 cm³/mol. The number of furan rings is 1. The van der Waals surface area contributed by atoms with Gasteiger partial charge in [-0.2, -0.15) is 0 Å². The Bertz CT molecular complexity index is 375. The average molecular weight is 283 g/mol. The lowest BCUT2D eigenvalue weighted by Crippen LogP contribution is -2.38. The lowest BCUT2D eigenvalue weighted by atomic mass is 10.2. The van der Waals surface area contributed by atoms with Gasteiger partial charge in [-0.1, -0.05) is 13.8 Å². The highest BCUT2D eigenvalue weighted by atomic mass is 16.5. The number of carbonyl (C=O) groups excluding carboxylic acids is 1. The minimum Gasteiger partial charge on any atom is -0.467 e. The fourth-order valence-electron chi connectivity index (χ4n) is 1.72. The van der Waals surface area contributed by atoms with Crippen molar-refractivity contribution in [2.75, 3.05) is 19.8 Å². The number of amides is 1. The van der Waals surface area contributed by atoms with Gasteiger partial charge in [0, 0.05) is 13.2 Å². The van der Waals surface area contributed by atoms with Crippen molar-refractivity contribution in [2.45, 2.75) is 39.8 Å². The van der Waals surface area contributed by atoms with Crippen LogP contribution in [0.15, 0.2) is 22.8 Å². The molecule has 114 valence electrons. The number of hydrogen-bond donors (Lipinski definition) is 1. The zero-order valence-corrected chi connectivity index (χ0v) is 12.7. The summed E-state index contributed by atoms with van der Waals surface area (Å²) >= 11 is 0. The summed E-state index contributed by atoms with van der Waals surface area (Å²) in [5.41, 5.74) is 0. The molecule has 2 unspecified atom stereocenters. The number of hydrogen-bond acceptors (Lipinski definition) is 4. The first-order chi connectivity index (χ1) is 9.54. The second-order valence-corrected chi connectivity index (χ2v) is 5.11. The SMILES string of the molecule is CCOC(C)C(=O)NC(COCC(C)C)c1ccco1. The van der Waals surface area contributed by atoms with E-state index in [1.165, 1.54) is 0 Å². The highest BCUT2D eigenvalue weighted by Crippen LogP contribution is 2.15. The maximum absolute atomic E-state index is 12.0. The van der Waals surface area contributed by atoms with Crippen molar-refractivity contribution in [3.05, 3.63) is 24.2 Å². The van der Waals surface area contributed by atoms with E-state index in [4.69, 9.17) is 13.9 Å². The molecule has 1 rings (SSSR count). The summed E-state index contributed by atoms with van der Waals surface area (Å²) in [6.45, 7) is 9.29. The Balaban J connectivity index is 2.57. The van der Waals surface area contributed by atoms with Gasteiger partial charge in [0.2, 0.25) is 5.91 Å². The number of rotatable bonds is 9. The summed E-state index contributed by atoms with van der Waals surface area (Å²) in [7, 11) is 0. The molecule has 0 radical (unpaired) electrons. The molecule has 0 fully saturated rings. The molecular weight excluding hydrogens is 258 g/mol. The zero-order chi connectivity index (χ0) is 15.0. The van der Waals surface area contributed by atoms with Crippen LogP contribution in [0, 0.1) is 5.92 Å². The zero-order valence-electron chi connectivity index (χ0n) is 12.7. The van der Waals surface area contributed by atoms with Gasteiger partial charge in [-0.3, -0.25) is 4.79 Å². The number of carbonyl (C=O) groups is 1. The highest BCUT2D eigenvalue weighted by Gasteiger charge is 2.21. The van der Waals surface area contributed by atoms with Crippen molar-refractivity contribution in [1.82, 2.24) is 5.32 Å². The van der Waals surface area contributed by atoms with E-state index in [1.54, 1.807) is 19.3 Å². The molecule has 0 bridgehead atoms. The van der Waals surface area contributed by atoms with E-state index in [2.05, 4.69) is 19.2 Å². The lowest BCUT2D eigenvalue weighted by Gasteiger charge is -2.20. The van der Waals surface area contributed by atoms with Crippen LogP contribution >= 0.6 is 0 Å². The van der Waals surface area contributed by atoms with Crippen LogP contribution in [0.3, 0.4) is 0 Å². The Kier molecular flexibility index (Phi) is 7.33. The Morgan fingerprint density at radius 1 is 1.35 bits per heavy atom. The molecule has 20 heavy (non-hydrogen) atoms. The predicted octanol–water partition coefficient (Wildman–Crippen LogP) is 2.53. The van der Waals surface area contributed by atoms with Crippen LogP contribution in [0.1, 0.15) is 39.5 Å². The standard InChI is InChI=1S/C15H25NO4/c1-5-19-12(4)15(17)16-13(10-18-9-11(2)3)14-7-6-8-20-14/h6-8,11-13H,5,9-10H2,1-4H3,(H,16,17). The van der Waals surface area contributed by atoms with Crippen molar-refractivity contribution in [2.24, 2.45) is 5.92 Å². The van der Waals surface area contributed by atoms with Gasteiger partial charge < -0.3 is 19.2 Å². The van der Waals surface area contributed by atoms with E-state index in [1.807, 2.05) is 13.0 Å². The van der Waals surface area contributed by atoms with E-state index in [0.29, 0.717) is 31.5 Å². The molecule has 0 saturated heterocycles. The molecule has 1 N–H and O–H groups in total. The third-order valence-corrected chi connectivity index (χ3v) is 2.72. The number of nitrogens with one attached hydrogen (secondary N) is 1. The van der Waals surface area contributed by atoms with Gasteiger partial charge in [-0.05, 0) is 31.9 Å². The van der Waals surface area contributed by atoms with E-state index in [0.717, 1.165) is 0 Å². The Morgan fingerprint density at radius 2 is 2.10 bits per heavy atom.